The lowest BCUT2D eigenvalue weighted by Crippen LogP contribution is -2.30. The molecule has 0 spiro atoms. The number of carbonyl (C=O) groups is 1. The Hall–Kier alpha value is -1.15. The van der Waals surface area contributed by atoms with Gasteiger partial charge in [-0.15, -0.1) is 0 Å². The maximum Gasteiger partial charge on any atom is 0.338 e. The van der Waals surface area contributed by atoms with Gasteiger partial charge in [-0.25, -0.2) is 4.79 Å². The van der Waals surface area contributed by atoms with Gasteiger partial charge in [0.25, 0.3) is 0 Å². The standard InChI is InChI=1S/C18H30BrN3O3/c1-4-21(5-2)13-15-11-14(12-16(19)17(15)20)18(24)25-10-8-22(6-3)7-9-23/h11-12,23H,4-10,13,20H2,1-3H3. The van der Waals surface area contributed by atoms with Gasteiger partial charge in [0.2, 0.25) is 0 Å². The van der Waals surface area contributed by atoms with Gasteiger partial charge < -0.3 is 15.6 Å². The van der Waals surface area contributed by atoms with Crippen LogP contribution in [0.5, 0.6) is 0 Å². The smallest absolute Gasteiger partial charge is 0.338 e. The van der Waals surface area contributed by atoms with Gasteiger partial charge in [-0.05, 0) is 53.3 Å². The summed E-state index contributed by atoms with van der Waals surface area (Å²) < 4.78 is 6.08. The van der Waals surface area contributed by atoms with E-state index in [0.717, 1.165) is 25.2 Å². The van der Waals surface area contributed by atoms with Crippen molar-refractivity contribution < 1.29 is 14.6 Å². The third-order valence-corrected chi connectivity index (χ3v) is 4.90. The Balaban J connectivity index is 2.76. The molecule has 0 bridgehead atoms. The Morgan fingerprint density at radius 1 is 1.16 bits per heavy atom. The van der Waals surface area contributed by atoms with Crippen LogP contribution in [0.15, 0.2) is 16.6 Å². The molecule has 0 amide bonds. The second-order valence-corrected chi connectivity index (χ2v) is 6.64. The zero-order valence-electron chi connectivity index (χ0n) is 15.4. The number of likely N-dealkylation sites (N-methyl/N-ethyl adjacent to an activating group) is 1. The Bertz CT molecular complexity index is 551. The number of aliphatic hydroxyl groups excluding tert-OH is 1. The van der Waals surface area contributed by atoms with Crippen LogP contribution >= 0.6 is 15.9 Å². The fraction of sp³-hybridized carbons (Fsp3) is 0.611. The molecule has 3 N–H and O–H groups in total. The van der Waals surface area contributed by atoms with Crippen LogP contribution in [0.1, 0.15) is 36.7 Å². The van der Waals surface area contributed by atoms with Crippen molar-refractivity contribution in [3.05, 3.63) is 27.7 Å². The lowest BCUT2D eigenvalue weighted by molar-refractivity contribution is 0.0456. The predicted octanol–water partition coefficient (Wildman–Crippen LogP) is 2.34. The molecule has 0 aliphatic carbocycles. The van der Waals surface area contributed by atoms with Crippen molar-refractivity contribution in [3.8, 4) is 0 Å². The highest BCUT2D eigenvalue weighted by atomic mass is 79.9. The maximum atomic E-state index is 12.3. The first-order valence-corrected chi connectivity index (χ1v) is 9.56. The van der Waals surface area contributed by atoms with Crippen molar-refractivity contribution in [2.45, 2.75) is 27.3 Å². The summed E-state index contributed by atoms with van der Waals surface area (Å²) in [4.78, 5) is 16.6. The largest absolute Gasteiger partial charge is 0.461 e. The molecule has 0 aromatic heterocycles. The van der Waals surface area contributed by atoms with E-state index in [0.29, 0.717) is 42.0 Å². The molecule has 1 rings (SSSR count). The average Bonchev–Trinajstić information content (AvgIpc) is 2.61. The molecule has 7 heteroatoms. The highest BCUT2D eigenvalue weighted by Gasteiger charge is 2.15. The topological polar surface area (TPSA) is 79.0 Å². The molecule has 0 aliphatic heterocycles. The molecule has 0 atom stereocenters. The van der Waals surface area contributed by atoms with E-state index in [1.54, 1.807) is 6.07 Å². The van der Waals surface area contributed by atoms with Crippen LogP contribution in [0.4, 0.5) is 5.69 Å². The zero-order valence-corrected chi connectivity index (χ0v) is 17.0. The van der Waals surface area contributed by atoms with E-state index in [2.05, 4.69) is 34.7 Å². The number of nitrogens with two attached hydrogens (primary N) is 1. The molecular formula is C18H30BrN3O3. The molecule has 0 radical (unpaired) electrons. The van der Waals surface area contributed by atoms with Crippen molar-refractivity contribution in [1.82, 2.24) is 9.80 Å². The number of hydrogen-bond acceptors (Lipinski definition) is 6. The molecular weight excluding hydrogens is 386 g/mol. The number of carbonyl (C=O) groups excluding carboxylic acids is 1. The molecule has 0 unspecified atom stereocenters. The number of anilines is 1. The minimum atomic E-state index is -0.360. The number of benzene rings is 1. The first kappa shape index (κ1) is 21.9. The summed E-state index contributed by atoms with van der Waals surface area (Å²) in [7, 11) is 0. The Morgan fingerprint density at radius 2 is 1.80 bits per heavy atom. The summed E-state index contributed by atoms with van der Waals surface area (Å²) >= 11 is 3.43. The third-order valence-electron chi connectivity index (χ3n) is 4.24. The number of nitrogen functional groups attached to an aromatic ring is 1. The monoisotopic (exact) mass is 415 g/mol. The Kier molecular flexibility index (Phi) is 10.0. The van der Waals surface area contributed by atoms with Gasteiger partial charge in [-0.1, -0.05) is 20.8 Å². The molecule has 6 nitrogen and oxygen atoms in total. The van der Waals surface area contributed by atoms with Crippen molar-refractivity contribution in [1.29, 1.82) is 0 Å². The minimum Gasteiger partial charge on any atom is -0.461 e. The van der Waals surface area contributed by atoms with Crippen LogP contribution < -0.4 is 5.73 Å². The van der Waals surface area contributed by atoms with E-state index in [9.17, 15) is 4.79 Å². The quantitative estimate of drug-likeness (QED) is 0.426. The first-order valence-electron chi connectivity index (χ1n) is 8.77. The Labute approximate surface area is 159 Å². The number of hydrogen-bond donors (Lipinski definition) is 2. The summed E-state index contributed by atoms with van der Waals surface area (Å²) in [6.07, 6.45) is 0. The van der Waals surface area contributed by atoms with Gasteiger partial charge in [0.1, 0.15) is 6.61 Å². The summed E-state index contributed by atoms with van der Waals surface area (Å²) in [6.45, 7) is 11.1. The molecule has 1 aromatic rings. The van der Waals surface area contributed by atoms with E-state index in [1.807, 2.05) is 17.9 Å². The van der Waals surface area contributed by atoms with Crippen LogP contribution in [0.25, 0.3) is 0 Å². The molecule has 0 saturated carbocycles. The molecule has 0 heterocycles. The lowest BCUT2D eigenvalue weighted by atomic mass is 10.1. The average molecular weight is 416 g/mol. The normalized spacial score (nSPS) is 11.3. The molecule has 25 heavy (non-hydrogen) atoms. The van der Waals surface area contributed by atoms with Gasteiger partial charge in [-0.3, -0.25) is 9.80 Å². The summed E-state index contributed by atoms with van der Waals surface area (Å²) in [5.74, 6) is -0.360. The fourth-order valence-electron chi connectivity index (χ4n) is 2.53. The van der Waals surface area contributed by atoms with Crippen LogP contribution in [0.3, 0.4) is 0 Å². The van der Waals surface area contributed by atoms with Gasteiger partial charge in [0, 0.05) is 24.1 Å². The highest BCUT2D eigenvalue weighted by molar-refractivity contribution is 9.10. The van der Waals surface area contributed by atoms with Gasteiger partial charge in [0.05, 0.1) is 17.9 Å². The third kappa shape index (κ3) is 6.93. The van der Waals surface area contributed by atoms with E-state index in [-0.39, 0.29) is 12.6 Å². The molecule has 1 aromatic carbocycles. The van der Waals surface area contributed by atoms with Crippen LogP contribution in [-0.2, 0) is 11.3 Å². The summed E-state index contributed by atoms with van der Waals surface area (Å²) in [6, 6.07) is 3.51. The Morgan fingerprint density at radius 3 is 2.36 bits per heavy atom. The van der Waals surface area contributed by atoms with Crippen molar-refractivity contribution in [2.75, 3.05) is 51.7 Å². The second-order valence-electron chi connectivity index (χ2n) is 5.79. The second kappa shape index (κ2) is 11.5. The number of aliphatic hydroxyl groups is 1. The van der Waals surface area contributed by atoms with Crippen LogP contribution in [0, 0.1) is 0 Å². The van der Waals surface area contributed by atoms with Crippen molar-refractivity contribution in [2.24, 2.45) is 0 Å². The molecule has 0 saturated heterocycles. The molecule has 142 valence electrons. The number of ether oxygens (including phenoxy) is 1. The fourth-order valence-corrected chi connectivity index (χ4v) is 3.03. The van der Waals surface area contributed by atoms with E-state index < -0.39 is 0 Å². The van der Waals surface area contributed by atoms with Gasteiger partial charge in [0.15, 0.2) is 0 Å². The summed E-state index contributed by atoms with van der Waals surface area (Å²) in [5.41, 5.74) is 8.21. The van der Waals surface area contributed by atoms with Gasteiger partial charge >= 0.3 is 5.97 Å². The predicted molar refractivity (Wildman–Crippen MR) is 105 cm³/mol. The number of esters is 1. The highest BCUT2D eigenvalue weighted by Crippen LogP contribution is 2.27. The first-order chi connectivity index (χ1) is 12.0. The van der Waals surface area contributed by atoms with Crippen LogP contribution in [0.2, 0.25) is 0 Å². The van der Waals surface area contributed by atoms with Crippen LogP contribution in [-0.4, -0.2) is 66.8 Å². The maximum absolute atomic E-state index is 12.3. The SMILES string of the molecule is CCN(CCO)CCOC(=O)c1cc(Br)c(N)c(CN(CC)CC)c1. The van der Waals surface area contributed by atoms with E-state index >= 15 is 0 Å². The molecule has 0 aliphatic rings. The number of halogens is 1. The van der Waals surface area contributed by atoms with E-state index in [1.165, 1.54) is 0 Å². The number of nitrogens with zero attached hydrogens (tertiary/aromatic N) is 2. The summed E-state index contributed by atoms with van der Waals surface area (Å²) in [5, 5.41) is 8.98. The van der Waals surface area contributed by atoms with E-state index in [4.69, 9.17) is 15.6 Å². The lowest BCUT2D eigenvalue weighted by Gasteiger charge is -2.20. The van der Waals surface area contributed by atoms with Gasteiger partial charge in [-0.2, -0.15) is 0 Å². The zero-order chi connectivity index (χ0) is 18.8. The number of rotatable bonds is 11. The van der Waals surface area contributed by atoms with Crippen molar-refractivity contribution in [3.63, 3.8) is 0 Å². The van der Waals surface area contributed by atoms with Crippen molar-refractivity contribution >= 4 is 27.6 Å². The molecule has 0 fully saturated rings. The minimum absolute atomic E-state index is 0.0986.